The highest BCUT2D eigenvalue weighted by atomic mass is 32.2. The van der Waals surface area contributed by atoms with Crippen molar-refractivity contribution in [2.75, 3.05) is 12.0 Å². The molecule has 2 heterocycles. The van der Waals surface area contributed by atoms with Crippen LogP contribution in [0.2, 0.25) is 0 Å². The molecule has 0 aliphatic carbocycles. The van der Waals surface area contributed by atoms with E-state index in [-0.39, 0.29) is 11.1 Å². The van der Waals surface area contributed by atoms with Crippen molar-refractivity contribution in [1.29, 1.82) is 0 Å². The number of aryl methyl sites for hydroxylation is 2. The zero-order valence-corrected chi connectivity index (χ0v) is 19.0. The summed E-state index contributed by atoms with van der Waals surface area (Å²) in [5.41, 5.74) is 5.56. The highest BCUT2D eigenvalue weighted by Gasteiger charge is 2.36. The summed E-state index contributed by atoms with van der Waals surface area (Å²) in [5.74, 6) is -0.735. The van der Waals surface area contributed by atoms with Gasteiger partial charge in [0, 0.05) is 17.1 Å². The van der Waals surface area contributed by atoms with Gasteiger partial charge in [0.15, 0.2) is 0 Å². The lowest BCUT2D eigenvalue weighted by molar-refractivity contribution is -0.113. The number of anilines is 1. The lowest BCUT2D eigenvalue weighted by Gasteiger charge is -2.12. The molecule has 1 aliphatic rings. The first-order valence-corrected chi connectivity index (χ1v) is 10.8. The molecule has 0 radical (unpaired) electrons. The highest BCUT2D eigenvalue weighted by molar-refractivity contribution is 8.19. The Hall–Kier alpha value is -3.58. The van der Waals surface area contributed by atoms with Crippen LogP contribution in [0.1, 0.15) is 32.9 Å². The number of methoxy groups -OCH3 is 1. The molecule has 1 aromatic heterocycles. The molecule has 0 saturated carbocycles. The summed E-state index contributed by atoms with van der Waals surface area (Å²) >= 11 is 0.933. The van der Waals surface area contributed by atoms with Crippen LogP contribution in [0.3, 0.4) is 0 Å². The van der Waals surface area contributed by atoms with Crippen molar-refractivity contribution >= 4 is 40.6 Å². The van der Waals surface area contributed by atoms with Gasteiger partial charge in [-0.15, -0.1) is 0 Å². The van der Waals surface area contributed by atoms with Crippen LogP contribution in [0.25, 0.3) is 11.8 Å². The summed E-state index contributed by atoms with van der Waals surface area (Å²) in [5, 5.41) is -0.315. The number of hydrogen-bond donors (Lipinski definition) is 0. The summed E-state index contributed by atoms with van der Waals surface area (Å²) in [7, 11) is 1.35. The minimum atomic E-state index is -0.403. The summed E-state index contributed by atoms with van der Waals surface area (Å²) in [4.78, 5) is 39.0. The minimum absolute atomic E-state index is 0.315. The number of nitrogens with zero attached hydrogens (tertiary/aromatic N) is 2. The number of rotatable bonds is 4. The number of carbonyl (C=O) groups is 3. The van der Waals surface area contributed by atoms with E-state index in [1.165, 1.54) is 12.0 Å². The number of amides is 2. The van der Waals surface area contributed by atoms with Gasteiger partial charge in [0.2, 0.25) is 0 Å². The Morgan fingerprint density at radius 2 is 1.69 bits per heavy atom. The van der Waals surface area contributed by atoms with Crippen molar-refractivity contribution in [2.45, 2.75) is 20.8 Å². The first-order valence-electron chi connectivity index (χ1n) is 10.0. The van der Waals surface area contributed by atoms with E-state index >= 15 is 0 Å². The molecule has 1 fully saturated rings. The molecule has 2 aromatic carbocycles. The molecule has 0 atom stereocenters. The summed E-state index contributed by atoms with van der Waals surface area (Å²) in [6.45, 7) is 5.84. The first-order chi connectivity index (χ1) is 15.3. The Labute approximate surface area is 190 Å². The molecule has 1 aliphatic heterocycles. The van der Waals surface area contributed by atoms with E-state index in [0.29, 0.717) is 16.2 Å². The standard InChI is InChI=1S/C25H22N2O4S/c1-15-8-10-20(11-9-15)27-23(28)22(32-25(27)30)14-19-12-16(2)26(17(19)3)21-7-5-6-18(13-21)24(29)31-4/h5-14H,1-4H3. The minimum Gasteiger partial charge on any atom is -0.465 e. The summed E-state index contributed by atoms with van der Waals surface area (Å²) in [6, 6.07) is 16.4. The Kier molecular flexibility index (Phi) is 5.76. The van der Waals surface area contributed by atoms with Gasteiger partial charge in [-0.05, 0) is 80.6 Å². The highest BCUT2D eigenvalue weighted by Crippen LogP contribution is 2.36. The maximum Gasteiger partial charge on any atom is 0.337 e. The van der Waals surface area contributed by atoms with E-state index in [9.17, 15) is 14.4 Å². The number of aromatic nitrogens is 1. The van der Waals surface area contributed by atoms with E-state index in [4.69, 9.17) is 4.74 Å². The van der Waals surface area contributed by atoms with Crippen LogP contribution in [0.5, 0.6) is 0 Å². The van der Waals surface area contributed by atoms with Crippen molar-refractivity contribution in [3.8, 4) is 5.69 Å². The van der Waals surface area contributed by atoms with Gasteiger partial charge in [-0.2, -0.15) is 0 Å². The first kappa shape index (κ1) is 21.6. The summed E-state index contributed by atoms with van der Waals surface area (Å²) < 4.78 is 6.82. The SMILES string of the molecule is COC(=O)c1cccc(-n2c(C)cc(C=C3SC(=O)N(c4ccc(C)cc4)C3=O)c2C)c1. The molecule has 0 spiro atoms. The van der Waals surface area contributed by atoms with E-state index < -0.39 is 5.97 Å². The fourth-order valence-corrected chi connectivity index (χ4v) is 4.58. The fourth-order valence-electron chi connectivity index (χ4n) is 3.75. The molecule has 7 heteroatoms. The normalized spacial score (nSPS) is 15.0. The molecule has 0 N–H and O–H groups in total. The van der Waals surface area contributed by atoms with Crippen molar-refractivity contribution in [2.24, 2.45) is 0 Å². The van der Waals surface area contributed by atoms with Gasteiger partial charge in [0.1, 0.15) is 0 Å². The third-order valence-electron chi connectivity index (χ3n) is 5.37. The van der Waals surface area contributed by atoms with E-state index in [2.05, 4.69) is 0 Å². The molecule has 4 rings (SSSR count). The third kappa shape index (κ3) is 3.87. The molecule has 6 nitrogen and oxygen atoms in total. The van der Waals surface area contributed by atoms with Crippen LogP contribution in [-0.2, 0) is 9.53 Å². The predicted molar refractivity (Wildman–Crippen MR) is 126 cm³/mol. The van der Waals surface area contributed by atoms with Gasteiger partial charge >= 0.3 is 5.97 Å². The van der Waals surface area contributed by atoms with Crippen LogP contribution < -0.4 is 4.90 Å². The molecule has 3 aromatic rings. The van der Waals surface area contributed by atoms with Crippen LogP contribution in [0.4, 0.5) is 10.5 Å². The van der Waals surface area contributed by atoms with Crippen LogP contribution in [-0.4, -0.2) is 28.8 Å². The second-order valence-electron chi connectivity index (χ2n) is 7.56. The number of esters is 1. The number of benzene rings is 2. The molecular formula is C25H22N2O4S. The zero-order valence-electron chi connectivity index (χ0n) is 18.2. The molecule has 0 unspecified atom stereocenters. The topological polar surface area (TPSA) is 68.6 Å². The second-order valence-corrected chi connectivity index (χ2v) is 8.55. The number of ether oxygens (including phenoxy) is 1. The quantitative estimate of drug-likeness (QED) is 0.395. The largest absolute Gasteiger partial charge is 0.465 e. The fraction of sp³-hybridized carbons (Fsp3) is 0.160. The van der Waals surface area contributed by atoms with Crippen molar-refractivity contribution in [1.82, 2.24) is 4.57 Å². The van der Waals surface area contributed by atoms with Gasteiger partial charge in [0.05, 0.1) is 23.3 Å². The van der Waals surface area contributed by atoms with E-state index in [0.717, 1.165) is 40.0 Å². The van der Waals surface area contributed by atoms with Crippen LogP contribution >= 0.6 is 11.8 Å². The van der Waals surface area contributed by atoms with Crippen molar-refractivity contribution < 1.29 is 19.1 Å². The number of hydrogen-bond acceptors (Lipinski definition) is 5. The number of imide groups is 1. The Morgan fingerprint density at radius 3 is 2.38 bits per heavy atom. The maximum absolute atomic E-state index is 13.0. The van der Waals surface area contributed by atoms with E-state index in [1.54, 1.807) is 36.4 Å². The zero-order chi connectivity index (χ0) is 23.0. The average Bonchev–Trinajstić information content (AvgIpc) is 3.22. The van der Waals surface area contributed by atoms with Crippen molar-refractivity contribution in [3.63, 3.8) is 0 Å². The second kappa shape index (κ2) is 8.51. The molecule has 162 valence electrons. The van der Waals surface area contributed by atoms with Gasteiger partial charge < -0.3 is 9.30 Å². The number of thioether (sulfide) groups is 1. The van der Waals surface area contributed by atoms with Gasteiger partial charge in [-0.25, -0.2) is 9.69 Å². The van der Waals surface area contributed by atoms with Gasteiger partial charge in [-0.1, -0.05) is 23.8 Å². The van der Waals surface area contributed by atoms with Crippen LogP contribution in [0.15, 0.2) is 59.5 Å². The van der Waals surface area contributed by atoms with Gasteiger partial charge in [0.25, 0.3) is 11.1 Å². The van der Waals surface area contributed by atoms with Crippen molar-refractivity contribution in [3.05, 3.63) is 87.6 Å². The molecule has 1 saturated heterocycles. The Bertz CT molecular complexity index is 1270. The third-order valence-corrected chi connectivity index (χ3v) is 6.24. The smallest absolute Gasteiger partial charge is 0.337 e. The molecule has 0 bridgehead atoms. The lowest BCUT2D eigenvalue weighted by atomic mass is 10.2. The maximum atomic E-state index is 13.0. The van der Waals surface area contributed by atoms with E-state index in [1.807, 2.05) is 49.6 Å². The monoisotopic (exact) mass is 446 g/mol. The summed E-state index contributed by atoms with van der Waals surface area (Å²) in [6.07, 6.45) is 1.75. The molecule has 32 heavy (non-hydrogen) atoms. The lowest BCUT2D eigenvalue weighted by Crippen LogP contribution is -2.27. The van der Waals surface area contributed by atoms with Crippen LogP contribution in [0, 0.1) is 20.8 Å². The van der Waals surface area contributed by atoms with Gasteiger partial charge in [-0.3, -0.25) is 9.59 Å². The predicted octanol–water partition coefficient (Wildman–Crippen LogP) is 5.43. The Morgan fingerprint density at radius 1 is 0.969 bits per heavy atom. The molecule has 2 amide bonds. The Balaban J connectivity index is 1.69. The number of carbonyl (C=O) groups excluding carboxylic acids is 3. The average molecular weight is 447 g/mol. The molecular weight excluding hydrogens is 424 g/mol.